The van der Waals surface area contributed by atoms with E-state index in [0.717, 1.165) is 24.5 Å². The Morgan fingerprint density at radius 1 is 1.27 bits per heavy atom. The molecular weight excluding hydrogens is 282 g/mol. The van der Waals surface area contributed by atoms with Gasteiger partial charge in [0.25, 0.3) is 0 Å². The molecule has 0 saturated carbocycles. The summed E-state index contributed by atoms with van der Waals surface area (Å²) in [7, 11) is 0. The van der Waals surface area contributed by atoms with Crippen LogP contribution in [0.4, 0.5) is 5.82 Å². The number of pyridine rings is 1. The number of nitrogens with zero attached hydrogens (tertiary/aromatic N) is 4. The fourth-order valence-corrected chi connectivity index (χ4v) is 2.42. The summed E-state index contributed by atoms with van der Waals surface area (Å²) < 4.78 is 6.97. The number of morpholine rings is 1. The minimum absolute atomic E-state index is 0.0690. The first-order valence-corrected chi connectivity index (χ1v) is 7.33. The lowest BCUT2D eigenvalue weighted by molar-refractivity contribution is -0.122. The summed E-state index contributed by atoms with van der Waals surface area (Å²) >= 11 is 0. The van der Waals surface area contributed by atoms with Crippen molar-refractivity contribution >= 4 is 11.7 Å². The third-order valence-electron chi connectivity index (χ3n) is 3.52. The Morgan fingerprint density at radius 3 is 2.91 bits per heavy atom. The van der Waals surface area contributed by atoms with Crippen molar-refractivity contribution in [2.45, 2.75) is 13.1 Å². The standard InChI is InChI=1S/C15H19N5O2/c21-14(12-20-6-2-5-18-20)17-11-13-3-1-4-16-15(13)19-7-9-22-10-8-19/h1-6H,7-12H2,(H,17,21). The first-order valence-electron chi connectivity index (χ1n) is 7.33. The number of carbonyl (C=O) groups excluding carboxylic acids is 1. The van der Waals surface area contributed by atoms with Crippen LogP contribution in [0.3, 0.4) is 0 Å². The quantitative estimate of drug-likeness (QED) is 0.867. The molecule has 3 heterocycles. The lowest BCUT2D eigenvalue weighted by Gasteiger charge is -2.29. The Hall–Kier alpha value is -2.41. The van der Waals surface area contributed by atoms with Crippen LogP contribution >= 0.6 is 0 Å². The summed E-state index contributed by atoms with van der Waals surface area (Å²) in [5, 5.41) is 6.94. The first-order chi connectivity index (χ1) is 10.8. The normalized spacial score (nSPS) is 14.8. The lowest BCUT2D eigenvalue weighted by Crippen LogP contribution is -2.38. The molecule has 0 unspecified atom stereocenters. The Morgan fingerprint density at radius 2 is 2.14 bits per heavy atom. The van der Waals surface area contributed by atoms with Crippen molar-refractivity contribution in [1.82, 2.24) is 20.1 Å². The summed E-state index contributed by atoms with van der Waals surface area (Å²) in [6.45, 7) is 3.75. The number of nitrogens with one attached hydrogen (secondary N) is 1. The number of carbonyl (C=O) groups is 1. The van der Waals surface area contributed by atoms with Crippen LogP contribution in [0.2, 0.25) is 0 Å². The van der Waals surface area contributed by atoms with Crippen LogP contribution in [-0.4, -0.2) is 47.0 Å². The molecule has 2 aromatic rings. The maximum atomic E-state index is 11.9. The van der Waals surface area contributed by atoms with Crippen LogP contribution in [0.25, 0.3) is 0 Å². The summed E-state index contributed by atoms with van der Waals surface area (Å²) in [6.07, 6.45) is 5.20. The molecule has 116 valence electrons. The summed E-state index contributed by atoms with van der Waals surface area (Å²) in [6, 6.07) is 5.68. The monoisotopic (exact) mass is 301 g/mol. The summed E-state index contributed by atoms with van der Waals surface area (Å²) in [4.78, 5) is 18.6. The highest BCUT2D eigenvalue weighted by atomic mass is 16.5. The van der Waals surface area contributed by atoms with Crippen LogP contribution < -0.4 is 10.2 Å². The molecule has 1 N–H and O–H groups in total. The average Bonchev–Trinajstić information content (AvgIpc) is 3.07. The van der Waals surface area contributed by atoms with Gasteiger partial charge >= 0.3 is 0 Å². The van der Waals surface area contributed by atoms with Crippen molar-refractivity contribution in [2.75, 3.05) is 31.2 Å². The Bertz CT molecular complexity index is 608. The van der Waals surface area contributed by atoms with E-state index in [1.807, 2.05) is 12.1 Å². The van der Waals surface area contributed by atoms with Crippen molar-refractivity contribution in [1.29, 1.82) is 0 Å². The Kier molecular flexibility index (Phi) is 4.65. The molecule has 7 nitrogen and oxygen atoms in total. The number of aromatic nitrogens is 3. The average molecular weight is 301 g/mol. The second-order valence-electron chi connectivity index (χ2n) is 5.07. The van der Waals surface area contributed by atoms with Gasteiger partial charge in [0.05, 0.1) is 13.2 Å². The molecule has 0 aliphatic carbocycles. The smallest absolute Gasteiger partial charge is 0.241 e. The van der Waals surface area contributed by atoms with Gasteiger partial charge in [-0.3, -0.25) is 9.48 Å². The van der Waals surface area contributed by atoms with Gasteiger partial charge in [0.15, 0.2) is 0 Å². The molecule has 1 aliphatic rings. The molecule has 2 aromatic heterocycles. The van der Waals surface area contributed by atoms with Crippen molar-refractivity contribution in [3.05, 3.63) is 42.4 Å². The van der Waals surface area contributed by atoms with E-state index in [2.05, 4.69) is 20.3 Å². The van der Waals surface area contributed by atoms with Gasteiger partial charge < -0.3 is 15.0 Å². The van der Waals surface area contributed by atoms with E-state index in [9.17, 15) is 4.79 Å². The number of hydrogen-bond donors (Lipinski definition) is 1. The molecule has 1 aliphatic heterocycles. The molecule has 0 aromatic carbocycles. The van der Waals surface area contributed by atoms with E-state index in [4.69, 9.17) is 4.74 Å². The van der Waals surface area contributed by atoms with Crippen molar-refractivity contribution in [3.8, 4) is 0 Å². The highest BCUT2D eigenvalue weighted by Gasteiger charge is 2.16. The van der Waals surface area contributed by atoms with Gasteiger partial charge in [-0.05, 0) is 12.1 Å². The van der Waals surface area contributed by atoms with Crippen molar-refractivity contribution in [3.63, 3.8) is 0 Å². The molecular formula is C15H19N5O2. The highest BCUT2D eigenvalue weighted by molar-refractivity contribution is 5.75. The summed E-state index contributed by atoms with van der Waals surface area (Å²) in [5.41, 5.74) is 1.01. The molecule has 1 amide bonds. The van der Waals surface area contributed by atoms with Crippen LogP contribution in [0.5, 0.6) is 0 Å². The molecule has 0 atom stereocenters. The van der Waals surface area contributed by atoms with Crippen molar-refractivity contribution < 1.29 is 9.53 Å². The zero-order chi connectivity index (χ0) is 15.2. The molecule has 0 radical (unpaired) electrons. The second kappa shape index (κ2) is 7.04. The largest absolute Gasteiger partial charge is 0.378 e. The molecule has 0 spiro atoms. The van der Waals surface area contributed by atoms with E-state index in [1.54, 1.807) is 29.3 Å². The van der Waals surface area contributed by atoms with E-state index < -0.39 is 0 Å². The maximum absolute atomic E-state index is 11.9. The molecule has 22 heavy (non-hydrogen) atoms. The molecule has 1 saturated heterocycles. The predicted octanol–water partition coefficient (Wildman–Crippen LogP) is 0.431. The second-order valence-corrected chi connectivity index (χ2v) is 5.07. The van der Waals surface area contributed by atoms with Gasteiger partial charge in [-0.25, -0.2) is 4.98 Å². The van der Waals surface area contributed by atoms with E-state index in [0.29, 0.717) is 19.8 Å². The first kappa shape index (κ1) is 14.5. The predicted molar refractivity (Wildman–Crippen MR) is 81.3 cm³/mol. The Balaban J connectivity index is 1.61. The number of anilines is 1. The zero-order valence-corrected chi connectivity index (χ0v) is 12.3. The fraction of sp³-hybridized carbons (Fsp3) is 0.400. The number of amides is 1. The van der Waals surface area contributed by atoms with Crippen LogP contribution in [-0.2, 0) is 22.6 Å². The van der Waals surface area contributed by atoms with Gasteiger partial charge in [-0.15, -0.1) is 0 Å². The van der Waals surface area contributed by atoms with E-state index >= 15 is 0 Å². The Labute approximate surface area is 128 Å². The summed E-state index contributed by atoms with van der Waals surface area (Å²) in [5.74, 6) is 0.852. The third kappa shape index (κ3) is 3.62. The van der Waals surface area contributed by atoms with Gasteiger partial charge in [-0.1, -0.05) is 6.07 Å². The number of rotatable bonds is 5. The van der Waals surface area contributed by atoms with E-state index in [-0.39, 0.29) is 12.5 Å². The fourth-order valence-electron chi connectivity index (χ4n) is 2.42. The SMILES string of the molecule is O=C(Cn1cccn1)NCc1cccnc1N1CCOCC1. The topological polar surface area (TPSA) is 72.3 Å². The van der Waals surface area contributed by atoms with Crippen molar-refractivity contribution in [2.24, 2.45) is 0 Å². The van der Waals surface area contributed by atoms with Gasteiger partial charge in [-0.2, -0.15) is 5.10 Å². The highest BCUT2D eigenvalue weighted by Crippen LogP contribution is 2.18. The molecule has 0 bridgehead atoms. The van der Waals surface area contributed by atoms with Gasteiger partial charge in [0.2, 0.25) is 5.91 Å². The minimum Gasteiger partial charge on any atom is -0.378 e. The van der Waals surface area contributed by atoms with E-state index in [1.165, 1.54) is 0 Å². The zero-order valence-electron chi connectivity index (χ0n) is 12.3. The van der Waals surface area contributed by atoms with Gasteiger partial charge in [0.1, 0.15) is 12.4 Å². The molecule has 7 heteroatoms. The third-order valence-corrected chi connectivity index (χ3v) is 3.52. The number of hydrogen-bond acceptors (Lipinski definition) is 5. The number of ether oxygens (including phenoxy) is 1. The minimum atomic E-state index is -0.0690. The van der Waals surface area contributed by atoms with Crippen LogP contribution in [0.15, 0.2) is 36.8 Å². The lowest BCUT2D eigenvalue weighted by atomic mass is 10.2. The molecule has 3 rings (SSSR count). The maximum Gasteiger partial charge on any atom is 0.241 e. The van der Waals surface area contributed by atoms with Gasteiger partial charge in [0, 0.05) is 43.8 Å². The van der Waals surface area contributed by atoms with Crippen LogP contribution in [0, 0.1) is 0 Å². The molecule has 1 fully saturated rings. The van der Waals surface area contributed by atoms with Crippen LogP contribution in [0.1, 0.15) is 5.56 Å².